The van der Waals surface area contributed by atoms with E-state index >= 15 is 0 Å². The zero-order valence-corrected chi connectivity index (χ0v) is 13.4. The zero-order valence-electron chi connectivity index (χ0n) is 11.9. The van der Waals surface area contributed by atoms with Crippen molar-refractivity contribution in [2.45, 2.75) is 12.5 Å². The van der Waals surface area contributed by atoms with E-state index in [9.17, 15) is 14.0 Å². The maximum Gasteiger partial charge on any atom is 0.230 e. The Morgan fingerprint density at radius 3 is 2.91 bits per heavy atom. The Kier molecular flexibility index (Phi) is 5.90. The number of anilines is 1. The first-order valence-corrected chi connectivity index (χ1v) is 8.34. The first-order valence-electron chi connectivity index (χ1n) is 6.81. The van der Waals surface area contributed by atoms with Gasteiger partial charge in [-0.05, 0) is 24.6 Å². The summed E-state index contributed by atoms with van der Waals surface area (Å²) in [6, 6.07) is 4.63. The molecule has 1 aromatic rings. The monoisotopic (exact) mass is 345 g/mol. The summed E-state index contributed by atoms with van der Waals surface area (Å²) in [5.41, 5.74) is 5.85. The number of thioether (sulfide) groups is 1. The van der Waals surface area contributed by atoms with Crippen molar-refractivity contribution in [3.63, 3.8) is 0 Å². The lowest BCUT2D eigenvalue weighted by atomic mass is 10.2. The molecule has 0 unspecified atom stereocenters. The van der Waals surface area contributed by atoms with E-state index in [0.717, 1.165) is 18.7 Å². The van der Waals surface area contributed by atoms with Gasteiger partial charge in [0.1, 0.15) is 5.82 Å². The van der Waals surface area contributed by atoms with E-state index in [0.29, 0.717) is 6.54 Å². The van der Waals surface area contributed by atoms with E-state index < -0.39 is 11.7 Å². The molecule has 0 radical (unpaired) electrons. The molecule has 5 nitrogen and oxygen atoms in total. The number of hydrogen-bond donors (Lipinski definition) is 2. The van der Waals surface area contributed by atoms with Gasteiger partial charge in [-0.15, -0.1) is 11.8 Å². The molecular weight excluding hydrogens is 329 g/mol. The zero-order chi connectivity index (χ0) is 16.1. The van der Waals surface area contributed by atoms with Gasteiger partial charge >= 0.3 is 0 Å². The number of nitrogens with zero attached hydrogens (tertiary/aromatic N) is 1. The number of hydrogen-bond acceptors (Lipinski definition) is 4. The van der Waals surface area contributed by atoms with Gasteiger partial charge in [0.2, 0.25) is 11.8 Å². The van der Waals surface area contributed by atoms with E-state index in [-0.39, 0.29) is 28.5 Å². The molecule has 120 valence electrons. The molecule has 0 bridgehead atoms. The van der Waals surface area contributed by atoms with Gasteiger partial charge in [0, 0.05) is 24.8 Å². The molecule has 0 spiro atoms. The van der Waals surface area contributed by atoms with E-state index in [1.54, 1.807) is 12.1 Å². The molecule has 3 N–H and O–H groups in total. The van der Waals surface area contributed by atoms with E-state index in [4.69, 9.17) is 17.3 Å². The van der Waals surface area contributed by atoms with Gasteiger partial charge in [-0.3, -0.25) is 9.59 Å². The van der Waals surface area contributed by atoms with Crippen molar-refractivity contribution in [1.82, 2.24) is 5.32 Å². The molecule has 22 heavy (non-hydrogen) atoms. The molecule has 1 aliphatic heterocycles. The van der Waals surface area contributed by atoms with Crippen LogP contribution in [0.5, 0.6) is 0 Å². The Morgan fingerprint density at radius 2 is 2.23 bits per heavy atom. The summed E-state index contributed by atoms with van der Waals surface area (Å²) in [6.07, 6.45) is 0.807. The van der Waals surface area contributed by atoms with Crippen molar-refractivity contribution in [3.05, 3.63) is 29.0 Å². The molecule has 2 amide bonds. The maximum atomic E-state index is 13.2. The highest BCUT2D eigenvalue weighted by molar-refractivity contribution is 8.00. The van der Waals surface area contributed by atoms with Gasteiger partial charge in [-0.2, -0.15) is 0 Å². The number of carbonyl (C=O) groups excluding carboxylic acids is 2. The van der Waals surface area contributed by atoms with E-state index in [1.165, 1.54) is 17.8 Å². The molecule has 1 fully saturated rings. The van der Waals surface area contributed by atoms with Crippen LogP contribution in [0.25, 0.3) is 0 Å². The number of nitrogens with one attached hydrogen (secondary N) is 1. The van der Waals surface area contributed by atoms with Crippen molar-refractivity contribution in [3.8, 4) is 0 Å². The molecule has 1 heterocycles. The fourth-order valence-electron chi connectivity index (χ4n) is 2.31. The van der Waals surface area contributed by atoms with Gasteiger partial charge in [0.15, 0.2) is 0 Å². The number of benzene rings is 1. The molecule has 8 heteroatoms. The summed E-state index contributed by atoms with van der Waals surface area (Å²) in [4.78, 5) is 24.4. The fraction of sp³-hybridized carbons (Fsp3) is 0.429. The Bertz CT molecular complexity index is 573. The molecule has 0 saturated carbocycles. The summed E-state index contributed by atoms with van der Waals surface area (Å²) in [6.45, 7) is 1.41. The smallest absolute Gasteiger partial charge is 0.230 e. The quantitative estimate of drug-likeness (QED) is 0.817. The largest absolute Gasteiger partial charge is 0.369 e. The Labute approximate surface area is 137 Å². The lowest BCUT2D eigenvalue weighted by molar-refractivity contribution is -0.119. The van der Waals surface area contributed by atoms with Crippen LogP contribution in [0.1, 0.15) is 6.42 Å². The Balaban J connectivity index is 1.81. The normalized spacial score (nSPS) is 17.5. The second kappa shape index (κ2) is 7.69. The summed E-state index contributed by atoms with van der Waals surface area (Å²) >= 11 is 6.98. The third-order valence-electron chi connectivity index (χ3n) is 3.30. The molecule has 1 aromatic carbocycles. The molecule has 1 aliphatic rings. The minimum atomic E-state index is -0.444. The molecule has 2 rings (SSSR count). The van der Waals surface area contributed by atoms with Crippen molar-refractivity contribution in [2.75, 3.05) is 29.5 Å². The number of halogens is 2. The SMILES string of the molecule is NC(=O)CSCC(=O)N[C@@H]1CCN(c2ccc(F)c(Cl)c2)C1. The maximum absolute atomic E-state index is 13.2. The summed E-state index contributed by atoms with van der Waals surface area (Å²) in [5, 5.41) is 3.01. The van der Waals surface area contributed by atoms with Crippen LogP contribution in [-0.4, -0.2) is 42.5 Å². The second-order valence-corrected chi connectivity index (χ2v) is 6.45. The molecular formula is C14H17ClFN3O2S. The van der Waals surface area contributed by atoms with Crippen LogP contribution >= 0.6 is 23.4 Å². The molecule has 0 aromatic heterocycles. The average molecular weight is 346 g/mol. The van der Waals surface area contributed by atoms with Crippen LogP contribution in [0.3, 0.4) is 0 Å². The van der Waals surface area contributed by atoms with Crippen molar-refractivity contribution >= 4 is 40.9 Å². The molecule has 0 aliphatic carbocycles. The van der Waals surface area contributed by atoms with Crippen LogP contribution in [0.2, 0.25) is 5.02 Å². The average Bonchev–Trinajstić information content (AvgIpc) is 2.90. The Morgan fingerprint density at radius 1 is 1.45 bits per heavy atom. The van der Waals surface area contributed by atoms with Gasteiger partial charge in [0.25, 0.3) is 0 Å². The third kappa shape index (κ3) is 4.78. The van der Waals surface area contributed by atoms with Gasteiger partial charge in [0.05, 0.1) is 16.5 Å². The van der Waals surface area contributed by atoms with Crippen molar-refractivity contribution < 1.29 is 14.0 Å². The number of amides is 2. The van der Waals surface area contributed by atoms with Gasteiger partial charge < -0.3 is 16.0 Å². The predicted octanol–water partition coefficient (Wildman–Crippen LogP) is 1.39. The van der Waals surface area contributed by atoms with E-state index in [1.807, 2.05) is 4.90 Å². The Hall–Kier alpha value is -1.47. The first kappa shape index (κ1) is 16.9. The standard InChI is InChI=1S/C14H17ClFN3O2S/c15-11-5-10(1-2-12(11)16)19-4-3-9(6-19)18-14(21)8-22-7-13(17)20/h1-2,5,9H,3-4,6-8H2,(H2,17,20)(H,18,21)/t9-/m1/s1. The number of nitrogens with two attached hydrogens (primary N) is 1. The minimum Gasteiger partial charge on any atom is -0.369 e. The van der Waals surface area contributed by atoms with Crippen molar-refractivity contribution in [1.29, 1.82) is 0 Å². The van der Waals surface area contributed by atoms with Gasteiger partial charge in [-0.1, -0.05) is 11.6 Å². The minimum absolute atomic E-state index is 0.0329. The number of carbonyl (C=O) groups is 2. The lowest BCUT2D eigenvalue weighted by Gasteiger charge is -2.19. The predicted molar refractivity (Wildman–Crippen MR) is 86.7 cm³/mol. The van der Waals surface area contributed by atoms with Crippen LogP contribution in [-0.2, 0) is 9.59 Å². The topological polar surface area (TPSA) is 75.4 Å². The third-order valence-corrected chi connectivity index (χ3v) is 4.54. The number of primary amides is 1. The highest BCUT2D eigenvalue weighted by atomic mass is 35.5. The molecule has 1 atom stereocenters. The van der Waals surface area contributed by atoms with Crippen molar-refractivity contribution in [2.24, 2.45) is 5.73 Å². The van der Waals surface area contributed by atoms with Crippen LogP contribution in [0, 0.1) is 5.82 Å². The van der Waals surface area contributed by atoms with Crippen LogP contribution < -0.4 is 16.0 Å². The van der Waals surface area contributed by atoms with Gasteiger partial charge in [-0.25, -0.2) is 4.39 Å². The number of rotatable bonds is 6. The van der Waals surface area contributed by atoms with Crippen LogP contribution in [0.4, 0.5) is 10.1 Å². The fourth-order valence-corrected chi connectivity index (χ4v) is 3.05. The highest BCUT2D eigenvalue weighted by Gasteiger charge is 2.24. The van der Waals surface area contributed by atoms with Crippen LogP contribution in [0.15, 0.2) is 18.2 Å². The highest BCUT2D eigenvalue weighted by Crippen LogP contribution is 2.25. The summed E-state index contributed by atoms with van der Waals surface area (Å²) in [7, 11) is 0. The van der Waals surface area contributed by atoms with E-state index in [2.05, 4.69) is 5.32 Å². The molecule has 1 saturated heterocycles. The lowest BCUT2D eigenvalue weighted by Crippen LogP contribution is -2.38. The summed E-state index contributed by atoms with van der Waals surface area (Å²) in [5.74, 6) is -0.644. The second-order valence-electron chi connectivity index (χ2n) is 5.06. The summed E-state index contributed by atoms with van der Waals surface area (Å²) < 4.78 is 13.2. The first-order chi connectivity index (χ1) is 10.5.